The summed E-state index contributed by atoms with van der Waals surface area (Å²) in [6, 6.07) is 0. The van der Waals surface area contributed by atoms with E-state index >= 15 is 0 Å². The maximum Gasteiger partial charge on any atom is 0.158 e. The Morgan fingerprint density at radius 2 is 2.57 bits per heavy atom. The largest absolute Gasteiger partial charge is 0.353 e. The van der Waals surface area contributed by atoms with E-state index in [1.807, 2.05) is 7.05 Å². The molecule has 0 amide bonds. The average Bonchev–Trinajstić information content (AvgIpc) is 2.63. The first-order valence-corrected chi connectivity index (χ1v) is 4.93. The number of nitrogens with zero attached hydrogens (tertiary/aromatic N) is 3. The minimum atomic E-state index is -0.0429. The Balaban J connectivity index is 1.79. The Morgan fingerprint density at radius 3 is 3.21 bits per heavy atom. The molecule has 5 heteroatoms. The molecule has 14 heavy (non-hydrogen) atoms. The predicted molar refractivity (Wildman–Crippen MR) is 49.4 cm³/mol. The normalized spacial score (nSPS) is 22.5. The van der Waals surface area contributed by atoms with Crippen molar-refractivity contribution < 1.29 is 9.47 Å². The molecule has 78 valence electrons. The van der Waals surface area contributed by atoms with Crippen molar-refractivity contribution in [3.63, 3.8) is 0 Å². The quantitative estimate of drug-likeness (QED) is 0.721. The summed E-state index contributed by atoms with van der Waals surface area (Å²) in [4.78, 5) is 0. The van der Waals surface area contributed by atoms with E-state index in [0.29, 0.717) is 6.61 Å². The van der Waals surface area contributed by atoms with E-state index in [0.717, 1.165) is 25.1 Å². The molecule has 1 saturated heterocycles. The van der Waals surface area contributed by atoms with Gasteiger partial charge in [-0.15, -0.1) is 5.10 Å². The SMILES string of the molecule is Cn1nncc1COC1CCCCO1. The first-order chi connectivity index (χ1) is 6.86. The molecule has 2 rings (SSSR count). The molecule has 1 fully saturated rings. The van der Waals surface area contributed by atoms with Crippen molar-refractivity contribution >= 4 is 0 Å². The van der Waals surface area contributed by atoms with Crippen molar-refractivity contribution in [1.82, 2.24) is 15.0 Å². The second kappa shape index (κ2) is 4.52. The van der Waals surface area contributed by atoms with Gasteiger partial charge in [0, 0.05) is 13.7 Å². The Hall–Kier alpha value is -0.940. The van der Waals surface area contributed by atoms with E-state index in [1.165, 1.54) is 6.42 Å². The lowest BCUT2D eigenvalue weighted by Gasteiger charge is -2.22. The molecule has 2 heterocycles. The van der Waals surface area contributed by atoms with Crippen LogP contribution in [-0.4, -0.2) is 27.9 Å². The highest BCUT2D eigenvalue weighted by atomic mass is 16.7. The minimum Gasteiger partial charge on any atom is -0.353 e. The van der Waals surface area contributed by atoms with Gasteiger partial charge < -0.3 is 9.47 Å². The number of hydrogen-bond acceptors (Lipinski definition) is 4. The van der Waals surface area contributed by atoms with Gasteiger partial charge in [-0.1, -0.05) is 5.21 Å². The second-order valence-electron chi connectivity index (χ2n) is 3.46. The lowest BCUT2D eigenvalue weighted by molar-refractivity contribution is -0.169. The molecular weight excluding hydrogens is 182 g/mol. The molecule has 0 spiro atoms. The Kier molecular flexibility index (Phi) is 3.10. The number of aryl methyl sites for hydroxylation is 1. The third kappa shape index (κ3) is 2.30. The van der Waals surface area contributed by atoms with Crippen molar-refractivity contribution in [2.24, 2.45) is 7.05 Å². The summed E-state index contributed by atoms with van der Waals surface area (Å²) in [6.07, 6.45) is 4.99. The predicted octanol–water partition coefficient (Wildman–Crippen LogP) is 0.858. The Bertz CT molecular complexity index is 281. The molecule has 0 bridgehead atoms. The van der Waals surface area contributed by atoms with Crippen LogP contribution in [0.1, 0.15) is 25.0 Å². The summed E-state index contributed by atoms with van der Waals surface area (Å²) < 4.78 is 12.7. The van der Waals surface area contributed by atoms with Crippen LogP contribution in [-0.2, 0) is 23.1 Å². The van der Waals surface area contributed by atoms with E-state index in [4.69, 9.17) is 9.47 Å². The topological polar surface area (TPSA) is 49.2 Å². The second-order valence-corrected chi connectivity index (χ2v) is 3.46. The van der Waals surface area contributed by atoms with Crippen LogP contribution in [0.4, 0.5) is 0 Å². The summed E-state index contributed by atoms with van der Waals surface area (Å²) in [7, 11) is 1.85. The first kappa shape index (κ1) is 9.61. The van der Waals surface area contributed by atoms with Crippen LogP contribution in [0.2, 0.25) is 0 Å². The molecule has 1 unspecified atom stereocenters. The molecule has 1 aromatic rings. The standard InChI is InChI=1S/C9H15N3O2/c1-12-8(6-10-11-12)7-14-9-4-2-3-5-13-9/h6,9H,2-5,7H2,1H3. The van der Waals surface area contributed by atoms with Gasteiger partial charge in [-0.3, -0.25) is 4.68 Å². The van der Waals surface area contributed by atoms with Crippen LogP contribution in [0.3, 0.4) is 0 Å². The number of hydrogen-bond donors (Lipinski definition) is 0. The van der Waals surface area contributed by atoms with Crippen molar-refractivity contribution in [2.75, 3.05) is 6.61 Å². The summed E-state index contributed by atoms with van der Waals surface area (Å²) in [5.74, 6) is 0. The van der Waals surface area contributed by atoms with Gasteiger partial charge in [0.2, 0.25) is 0 Å². The molecule has 1 aliphatic heterocycles. The zero-order valence-corrected chi connectivity index (χ0v) is 8.35. The van der Waals surface area contributed by atoms with E-state index in [2.05, 4.69) is 10.3 Å². The van der Waals surface area contributed by atoms with Crippen LogP contribution in [0, 0.1) is 0 Å². The molecule has 1 aliphatic rings. The van der Waals surface area contributed by atoms with Gasteiger partial charge in [-0.2, -0.15) is 0 Å². The highest BCUT2D eigenvalue weighted by Gasteiger charge is 2.14. The molecule has 0 radical (unpaired) electrons. The third-order valence-electron chi connectivity index (χ3n) is 2.36. The maximum atomic E-state index is 5.59. The minimum absolute atomic E-state index is 0.0429. The lowest BCUT2D eigenvalue weighted by Crippen LogP contribution is -2.22. The Morgan fingerprint density at radius 1 is 1.64 bits per heavy atom. The van der Waals surface area contributed by atoms with Gasteiger partial charge in [-0.05, 0) is 19.3 Å². The monoisotopic (exact) mass is 197 g/mol. The van der Waals surface area contributed by atoms with Gasteiger partial charge in [-0.25, -0.2) is 0 Å². The van der Waals surface area contributed by atoms with Crippen LogP contribution >= 0.6 is 0 Å². The van der Waals surface area contributed by atoms with Gasteiger partial charge in [0.05, 0.1) is 18.5 Å². The van der Waals surface area contributed by atoms with E-state index in [9.17, 15) is 0 Å². The molecule has 0 aliphatic carbocycles. The van der Waals surface area contributed by atoms with Crippen LogP contribution in [0.5, 0.6) is 0 Å². The summed E-state index contributed by atoms with van der Waals surface area (Å²) in [5.41, 5.74) is 0.971. The molecule has 0 aromatic carbocycles. The fourth-order valence-corrected chi connectivity index (χ4v) is 1.46. The van der Waals surface area contributed by atoms with Gasteiger partial charge >= 0.3 is 0 Å². The van der Waals surface area contributed by atoms with Crippen molar-refractivity contribution in [2.45, 2.75) is 32.2 Å². The zero-order chi connectivity index (χ0) is 9.80. The van der Waals surface area contributed by atoms with E-state index < -0.39 is 0 Å². The van der Waals surface area contributed by atoms with Gasteiger partial charge in [0.25, 0.3) is 0 Å². The molecule has 5 nitrogen and oxygen atoms in total. The van der Waals surface area contributed by atoms with E-state index in [-0.39, 0.29) is 6.29 Å². The number of aromatic nitrogens is 3. The molecule has 1 atom stereocenters. The molecule has 0 N–H and O–H groups in total. The highest BCUT2D eigenvalue weighted by molar-refractivity contribution is 4.90. The van der Waals surface area contributed by atoms with Crippen LogP contribution < -0.4 is 0 Å². The smallest absolute Gasteiger partial charge is 0.158 e. The first-order valence-electron chi connectivity index (χ1n) is 4.93. The van der Waals surface area contributed by atoms with Crippen LogP contribution in [0.25, 0.3) is 0 Å². The van der Waals surface area contributed by atoms with Crippen molar-refractivity contribution in [3.05, 3.63) is 11.9 Å². The maximum absolute atomic E-state index is 5.59. The molecule has 0 saturated carbocycles. The van der Waals surface area contributed by atoms with Crippen molar-refractivity contribution in [3.8, 4) is 0 Å². The third-order valence-corrected chi connectivity index (χ3v) is 2.36. The molecular formula is C9H15N3O2. The van der Waals surface area contributed by atoms with Crippen LogP contribution in [0.15, 0.2) is 6.20 Å². The lowest BCUT2D eigenvalue weighted by atomic mass is 10.2. The number of rotatable bonds is 3. The average molecular weight is 197 g/mol. The number of ether oxygens (including phenoxy) is 2. The zero-order valence-electron chi connectivity index (χ0n) is 8.35. The highest BCUT2D eigenvalue weighted by Crippen LogP contribution is 2.14. The molecule has 1 aromatic heterocycles. The van der Waals surface area contributed by atoms with Gasteiger partial charge in [0.15, 0.2) is 6.29 Å². The van der Waals surface area contributed by atoms with E-state index in [1.54, 1.807) is 10.9 Å². The summed E-state index contributed by atoms with van der Waals surface area (Å²) in [5, 5.41) is 7.60. The van der Waals surface area contributed by atoms with Crippen molar-refractivity contribution in [1.29, 1.82) is 0 Å². The fraction of sp³-hybridized carbons (Fsp3) is 0.778. The summed E-state index contributed by atoms with van der Waals surface area (Å²) >= 11 is 0. The summed E-state index contributed by atoms with van der Waals surface area (Å²) in [6.45, 7) is 1.34. The Labute approximate surface area is 83.0 Å². The fourth-order valence-electron chi connectivity index (χ4n) is 1.46. The van der Waals surface area contributed by atoms with Gasteiger partial charge in [0.1, 0.15) is 0 Å².